The summed E-state index contributed by atoms with van der Waals surface area (Å²) in [7, 11) is 1.60. The van der Waals surface area contributed by atoms with Crippen molar-refractivity contribution in [2.45, 2.75) is 5.54 Å². The molecule has 3 heterocycles. The maximum atomic E-state index is 13.0. The molecule has 2 N–H and O–H groups in total. The second-order valence-corrected chi connectivity index (χ2v) is 7.64. The third-order valence-electron chi connectivity index (χ3n) is 5.19. The van der Waals surface area contributed by atoms with E-state index in [2.05, 4.69) is 4.99 Å². The van der Waals surface area contributed by atoms with Gasteiger partial charge in [-0.05, 0) is 35.7 Å². The number of nitrogens with two attached hydrogens (primary N) is 1. The molecular formula is C19H17N5O2S. The average Bonchev–Trinajstić information content (AvgIpc) is 3.34. The lowest BCUT2D eigenvalue weighted by atomic mass is 9.84. The lowest BCUT2D eigenvalue weighted by molar-refractivity contribution is -0.132. The van der Waals surface area contributed by atoms with Crippen LogP contribution in [0.2, 0.25) is 0 Å². The fraction of sp³-hybridized carbons (Fsp3) is 0.263. The number of hydrogen-bond acceptors (Lipinski definition) is 6. The Bertz CT molecular complexity index is 977. The van der Waals surface area contributed by atoms with Gasteiger partial charge in [-0.2, -0.15) is 5.26 Å². The first kappa shape index (κ1) is 17.2. The Hall–Kier alpha value is -3.18. The number of nitriles is 1. The van der Waals surface area contributed by atoms with E-state index >= 15 is 0 Å². The molecule has 4 rings (SSSR count). The molecule has 1 aromatic carbocycles. The Kier molecular flexibility index (Phi) is 3.97. The number of rotatable bonds is 2. The Balaban J connectivity index is 1.72. The van der Waals surface area contributed by atoms with Crippen molar-refractivity contribution >= 4 is 29.1 Å². The quantitative estimate of drug-likeness (QED) is 0.851. The first-order valence-electron chi connectivity index (χ1n) is 8.42. The van der Waals surface area contributed by atoms with Crippen LogP contribution in [0, 0.1) is 17.2 Å². The van der Waals surface area contributed by atoms with Gasteiger partial charge in [0.1, 0.15) is 5.54 Å². The molecule has 1 fully saturated rings. The first-order chi connectivity index (χ1) is 13.0. The molecule has 1 aromatic heterocycles. The van der Waals surface area contributed by atoms with Crippen LogP contribution in [-0.4, -0.2) is 47.7 Å². The van der Waals surface area contributed by atoms with Gasteiger partial charge in [0, 0.05) is 24.0 Å². The topological polar surface area (TPSA) is 103 Å². The van der Waals surface area contributed by atoms with Gasteiger partial charge in [-0.3, -0.25) is 14.5 Å². The lowest BCUT2D eigenvalue weighted by Crippen LogP contribution is -2.54. The van der Waals surface area contributed by atoms with Crippen LogP contribution in [0.15, 0.2) is 46.8 Å². The highest BCUT2D eigenvalue weighted by molar-refractivity contribution is 7.10. The number of fused-ring (bicyclic) bond motifs is 1. The van der Waals surface area contributed by atoms with Crippen molar-refractivity contribution in [3.05, 3.63) is 57.8 Å². The third-order valence-corrected chi connectivity index (χ3v) is 6.23. The van der Waals surface area contributed by atoms with E-state index in [4.69, 9.17) is 11.0 Å². The van der Waals surface area contributed by atoms with Crippen molar-refractivity contribution in [3.63, 3.8) is 0 Å². The molecule has 2 amide bonds. The van der Waals surface area contributed by atoms with E-state index in [0.29, 0.717) is 11.1 Å². The van der Waals surface area contributed by atoms with Crippen LogP contribution in [-0.2, 0) is 10.3 Å². The second-order valence-electron chi connectivity index (χ2n) is 6.70. The number of aliphatic imine (C=N–C) groups is 1. The minimum atomic E-state index is -0.843. The summed E-state index contributed by atoms with van der Waals surface area (Å²) < 4.78 is 0. The number of hydrogen-bond donors (Lipinski definition) is 1. The fourth-order valence-electron chi connectivity index (χ4n) is 3.71. The van der Waals surface area contributed by atoms with E-state index in [1.807, 2.05) is 23.6 Å². The smallest absolute Gasteiger partial charge is 0.253 e. The summed E-state index contributed by atoms with van der Waals surface area (Å²) >= 11 is 1.51. The number of carbonyl (C=O) groups is 2. The van der Waals surface area contributed by atoms with Gasteiger partial charge in [-0.15, -0.1) is 11.3 Å². The van der Waals surface area contributed by atoms with Crippen molar-refractivity contribution in [1.82, 2.24) is 9.80 Å². The van der Waals surface area contributed by atoms with Gasteiger partial charge in [0.25, 0.3) is 5.91 Å². The highest BCUT2D eigenvalue weighted by Crippen LogP contribution is 2.45. The van der Waals surface area contributed by atoms with Crippen molar-refractivity contribution in [2.75, 3.05) is 20.1 Å². The van der Waals surface area contributed by atoms with Crippen LogP contribution in [0.3, 0.4) is 0 Å². The van der Waals surface area contributed by atoms with Gasteiger partial charge in [0.2, 0.25) is 5.91 Å². The molecule has 2 atom stereocenters. The standard InChI is InChI=1S/C19H17N5O2S/c1-23-17(26)14-10-24(16(25)13-6-4-12(9-20)5-7-13)11-19(14,22-18(23)21)15-3-2-8-27-15/h2-8,14H,10-11H2,1H3,(H2,21,22). The maximum Gasteiger partial charge on any atom is 0.253 e. The third kappa shape index (κ3) is 2.59. The SMILES string of the molecule is CN1C(=O)C2CN(C(=O)c3ccc(C#N)cc3)CC2(c2cccs2)N=C1N. The molecule has 7 nitrogen and oxygen atoms in total. The Labute approximate surface area is 160 Å². The molecule has 2 aliphatic heterocycles. The lowest BCUT2D eigenvalue weighted by Gasteiger charge is -2.36. The summed E-state index contributed by atoms with van der Waals surface area (Å²) in [6, 6.07) is 12.4. The van der Waals surface area contributed by atoms with E-state index in [0.717, 1.165) is 4.88 Å². The zero-order valence-corrected chi connectivity index (χ0v) is 15.4. The largest absolute Gasteiger partial charge is 0.369 e. The van der Waals surface area contributed by atoms with Crippen LogP contribution >= 0.6 is 11.3 Å². The second kappa shape index (κ2) is 6.21. The van der Waals surface area contributed by atoms with Crippen LogP contribution in [0.25, 0.3) is 0 Å². The van der Waals surface area contributed by atoms with E-state index in [9.17, 15) is 9.59 Å². The number of likely N-dealkylation sites (tertiary alicyclic amines) is 1. The molecule has 0 spiro atoms. The van der Waals surface area contributed by atoms with Gasteiger partial charge < -0.3 is 10.6 Å². The zero-order valence-electron chi connectivity index (χ0n) is 14.6. The van der Waals surface area contributed by atoms with E-state index in [-0.39, 0.29) is 30.9 Å². The van der Waals surface area contributed by atoms with Crippen LogP contribution in [0.5, 0.6) is 0 Å². The molecule has 1 saturated heterocycles. The van der Waals surface area contributed by atoms with Crippen molar-refractivity contribution in [1.29, 1.82) is 5.26 Å². The number of carbonyl (C=O) groups excluding carboxylic acids is 2. The van der Waals surface area contributed by atoms with Crippen LogP contribution in [0.4, 0.5) is 0 Å². The van der Waals surface area contributed by atoms with Gasteiger partial charge in [0.15, 0.2) is 5.96 Å². The highest BCUT2D eigenvalue weighted by atomic mass is 32.1. The van der Waals surface area contributed by atoms with Crippen molar-refractivity contribution in [3.8, 4) is 6.07 Å². The molecule has 8 heteroatoms. The molecular weight excluding hydrogens is 362 g/mol. The summed E-state index contributed by atoms with van der Waals surface area (Å²) in [5, 5.41) is 10.9. The van der Waals surface area contributed by atoms with Gasteiger partial charge in [-0.25, -0.2) is 4.99 Å². The normalized spacial score (nSPS) is 24.4. The molecule has 2 unspecified atom stereocenters. The predicted molar refractivity (Wildman–Crippen MR) is 101 cm³/mol. The first-order valence-corrected chi connectivity index (χ1v) is 9.30. The highest BCUT2D eigenvalue weighted by Gasteiger charge is 2.56. The van der Waals surface area contributed by atoms with Gasteiger partial charge in [-0.1, -0.05) is 6.07 Å². The molecule has 136 valence electrons. The Morgan fingerprint density at radius 3 is 2.74 bits per heavy atom. The van der Waals surface area contributed by atoms with E-state index < -0.39 is 11.5 Å². The maximum absolute atomic E-state index is 13.0. The molecule has 0 radical (unpaired) electrons. The van der Waals surface area contributed by atoms with Crippen molar-refractivity contribution < 1.29 is 9.59 Å². The van der Waals surface area contributed by atoms with E-state index in [1.165, 1.54) is 16.2 Å². The molecule has 27 heavy (non-hydrogen) atoms. The molecule has 0 aliphatic carbocycles. The molecule has 2 aliphatic rings. The molecule has 2 aromatic rings. The van der Waals surface area contributed by atoms with Gasteiger partial charge >= 0.3 is 0 Å². The fourth-order valence-corrected chi connectivity index (χ4v) is 4.63. The van der Waals surface area contributed by atoms with Crippen LogP contribution < -0.4 is 5.73 Å². The van der Waals surface area contributed by atoms with Gasteiger partial charge in [0.05, 0.1) is 24.1 Å². The summed E-state index contributed by atoms with van der Waals surface area (Å²) in [4.78, 5) is 34.5. The average molecular weight is 379 g/mol. The predicted octanol–water partition coefficient (Wildman–Crippen LogP) is 1.37. The van der Waals surface area contributed by atoms with E-state index in [1.54, 1.807) is 36.2 Å². The summed E-state index contributed by atoms with van der Waals surface area (Å²) in [6.07, 6.45) is 0. The Morgan fingerprint density at radius 1 is 1.37 bits per heavy atom. The summed E-state index contributed by atoms with van der Waals surface area (Å²) in [6.45, 7) is 0.563. The number of amides is 2. The number of guanidine groups is 1. The summed E-state index contributed by atoms with van der Waals surface area (Å²) in [5.41, 5.74) is 6.13. The van der Waals surface area contributed by atoms with Crippen LogP contribution in [0.1, 0.15) is 20.8 Å². The number of nitrogens with zero attached hydrogens (tertiary/aromatic N) is 4. The number of benzene rings is 1. The summed E-state index contributed by atoms with van der Waals surface area (Å²) in [5.74, 6) is -0.631. The number of thiophene rings is 1. The molecule has 0 bridgehead atoms. The van der Waals surface area contributed by atoms with Crippen molar-refractivity contribution in [2.24, 2.45) is 16.6 Å². The minimum absolute atomic E-state index is 0.133. The minimum Gasteiger partial charge on any atom is -0.369 e. The monoisotopic (exact) mass is 379 g/mol. The zero-order chi connectivity index (χ0) is 19.2. The molecule has 0 saturated carbocycles. The Morgan fingerprint density at radius 2 is 2.11 bits per heavy atom.